The van der Waals surface area contributed by atoms with Crippen molar-refractivity contribution in [1.29, 1.82) is 0 Å². The Kier molecular flexibility index (Phi) is 5.36. The molecule has 7 heteroatoms. The van der Waals surface area contributed by atoms with E-state index in [0.29, 0.717) is 6.04 Å². The third-order valence-corrected chi connectivity index (χ3v) is 4.12. The molecule has 3 rings (SSSR count). The van der Waals surface area contributed by atoms with Crippen molar-refractivity contribution in [3.8, 4) is 0 Å². The Hall–Kier alpha value is -1.17. The zero-order valence-electron chi connectivity index (χ0n) is 12.7. The predicted octanol–water partition coefficient (Wildman–Crippen LogP) is -1.37. The monoisotopic (exact) mass is 331 g/mol. The van der Waals surface area contributed by atoms with Crippen LogP contribution in [0.25, 0.3) is 5.52 Å². The zero-order valence-corrected chi connectivity index (χ0v) is 14.2. The molecule has 0 amide bonds. The van der Waals surface area contributed by atoms with Crippen molar-refractivity contribution < 1.29 is 16.9 Å². The summed E-state index contributed by atoms with van der Waals surface area (Å²) in [4.78, 5) is 2.32. The molecule has 3 heterocycles. The number of hydrogen-bond acceptors (Lipinski definition) is 3. The molecule has 2 aromatic heterocycles. The molecule has 1 unspecified atom stereocenters. The summed E-state index contributed by atoms with van der Waals surface area (Å²) in [6.07, 6.45) is 3.14. The van der Waals surface area contributed by atoms with E-state index < -0.39 is 0 Å². The molecule has 1 saturated heterocycles. The van der Waals surface area contributed by atoms with Gasteiger partial charge in [0.1, 0.15) is 11.7 Å². The Morgan fingerprint density at radius 2 is 2.00 bits per heavy atom. The number of hydrogen-bond donors (Lipinski definition) is 1. The van der Waals surface area contributed by atoms with Crippen molar-refractivity contribution in [2.75, 3.05) is 44.9 Å². The first-order valence-electron chi connectivity index (χ1n) is 6.76. The molecule has 0 saturated carbocycles. The summed E-state index contributed by atoms with van der Waals surface area (Å²) in [6, 6.07) is 6.63. The second kappa shape index (κ2) is 6.30. The highest BCUT2D eigenvalue weighted by Gasteiger charge is 2.34. The number of anilines is 2. The van der Waals surface area contributed by atoms with Gasteiger partial charge in [-0.1, -0.05) is 6.07 Å². The van der Waals surface area contributed by atoms with Crippen molar-refractivity contribution in [2.24, 2.45) is 0 Å². The molecule has 1 atom stereocenters. The maximum atomic E-state index is 6.24. The third-order valence-electron chi connectivity index (χ3n) is 4.12. The molecule has 2 N–H and O–H groups in total. The minimum absolute atomic E-state index is 0. The third kappa shape index (κ3) is 3.20. The molecule has 1 aliphatic rings. The van der Waals surface area contributed by atoms with Gasteiger partial charge in [0.05, 0.1) is 33.2 Å². The van der Waals surface area contributed by atoms with E-state index in [1.54, 1.807) is 0 Å². The Morgan fingerprint density at radius 1 is 1.29 bits per heavy atom. The fraction of sp³-hybridized carbons (Fsp3) is 0.500. The molecule has 2 aromatic rings. The topological polar surface area (TPSA) is 46.6 Å². The van der Waals surface area contributed by atoms with E-state index in [1.165, 1.54) is 6.42 Å². The Labute approximate surface area is 138 Å². The van der Waals surface area contributed by atoms with E-state index in [9.17, 15) is 0 Å². The van der Waals surface area contributed by atoms with Crippen LogP contribution in [0.2, 0.25) is 0 Å². The van der Waals surface area contributed by atoms with Crippen LogP contribution in [0.4, 0.5) is 11.5 Å². The smallest absolute Gasteiger partial charge is 0.175 e. The number of fused-ring (bicyclic) bond motifs is 1. The van der Waals surface area contributed by atoms with Crippen LogP contribution in [-0.4, -0.2) is 54.4 Å². The number of halogens is 2. The molecular formula is C14H23Cl2N5. The molecule has 0 bridgehead atoms. The first-order valence-corrected chi connectivity index (χ1v) is 6.76. The number of pyridine rings is 1. The molecule has 21 heavy (non-hydrogen) atoms. The average Bonchev–Trinajstić information content (AvgIpc) is 2.94. The van der Waals surface area contributed by atoms with E-state index in [4.69, 9.17) is 5.73 Å². The number of nitrogen functional groups attached to an aromatic ring is 1. The van der Waals surface area contributed by atoms with Crippen LogP contribution in [0, 0.1) is 0 Å². The lowest BCUT2D eigenvalue weighted by molar-refractivity contribution is -0.893. The van der Waals surface area contributed by atoms with Crippen molar-refractivity contribution in [3.05, 3.63) is 24.4 Å². The van der Waals surface area contributed by atoms with Crippen LogP contribution in [0.15, 0.2) is 24.4 Å². The van der Waals surface area contributed by atoms with E-state index >= 15 is 0 Å². The van der Waals surface area contributed by atoms with Crippen LogP contribution in [-0.2, 0) is 0 Å². The minimum Gasteiger partial charge on any atom is -1.00 e. The summed E-state index contributed by atoms with van der Waals surface area (Å²) in [5.41, 5.74) is 8.03. The lowest BCUT2D eigenvalue weighted by atomic mass is 10.2. The van der Waals surface area contributed by atoms with Crippen molar-refractivity contribution in [3.63, 3.8) is 0 Å². The van der Waals surface area contributed by atoms with Crippen molar-refractivity contribution >= 4 is 29.4 Å². The van der Waals surface area contributed by atoms with Gasteiger partial charge < -0.3 is 27.5 Å². The number of nitrogens with zero attached hydrogens (tertiary/aromatic N) is 4. The Balaban J connectivity index is 0.00000110. The van der Waals surface area contributed by atoms with E-state index in [2.05, 4.69) is 31.1 Å². The molecular weight excluding hydrogens is 309 g/mol. The van der Waals surface area contributed by atoms with Crippen LogP contribution < -0.4 is 23.0 Å². The van der Waals surface area contributed by atoms with Gasteiger partial charge in [-0.15, -0.1) is 17.5 Å². The van der Waals surface area contributed by atoms with Crippen LogP contribution in [0.5, 0.6) is 0 Å². The van der Waals surface area contributed by atoms with E-state index in [-0.39, 0.29) is 24.8 Å². The van der Waals surface area contributed by atoms with Gasteiger partial charge in [0.15, 0.2) is 5.82 Å². The summed E-state index contributed by atoms with van der Waals surface area (Å²) in [5, 5.41) is 4.62. The quantitative estimate of drug-likeness (QED) is 0.690. The summed E-state index contributed by atoms with van der Waals surface area (Å²) < 4.78 is 2.85. The maximum Gasteiger partial charge on any atom is 0.175 e. The lowest BCUT2D eigenvalue weighted by Crippen LogP contribution is -3.00. The van der Waals surface area contributed by atoms with Gasteiger partial charge in [-0.05, 0) is 12.1 Å². The number of nitrogens with two attached hydrogens (primary N) is 1. The SMILES string of the molecule is C[N+](C)(C)C1CCN(c2nn3ccccc3c2N)C1.Cl.[Cl-]. The zero-order chi connectivity index (χ0) is 13.6. The van der Waals surface area contributed by atoms with Crippen molar-refractivity contribution in [2.45, 2.75) is 12.5 Å². The molecule has 0 spiro atoms. The van der Waals surface area contributed by atoms with Gasteiger partial charge in [0.2, 0.25) is 0 Å². The number of quaternary nitrogens is 1. The normalized spacial score (nSPS) is 18.4. The summed E-state index contributed by atoms with van der Waals surface area (Å²) in [6.45, 7) is 2.06. The first-order chi connectivity index (χ1) is 8.97. The molecule has 1 fully saturated rings. The molecule has 5 nitrogen and oxygen atoms in total. The molecule has 0 aromatic carbocycles. The summed E-state index contributed by atoms with van der Waals surface area (Å²) in [5.74, 6) is 0.933. The largest absolute Gasteiger partial charge is 1.00 e. The fourth-order valence-corrected chi connectivity index (χ4v) is 2.81. The van der Waals surface area contributed by atoms with Crippen LogP contribution >= 0.6 is 12.4 Å². The molecule has 1 aliphatic heterocycles. The first kappa shape index (κ1) is 17.9. The van der Waals surface area contributed by atoms with Gasteiger partial charge in [0.25, 0.3) is 0 Å². The average molecular weight is 332 g/mol. The second-order valence-corrected chi connectivity index (χ2v) is 6.27. The Bertz CT molecular complexity index is 605. The van der Waals surface area contributed by atoms with E-state index in [1.807, 2.05) is 28.9 Å². The highest BCUT2D eigenvalue weighted by molar-refractivity contribution is 5.85. The second-order valence-electron chi connectivity index (χ2n) is 6.27. The number of rotatable bonds is 2. The molecule has 0 radical (unpaired) electrons. The standard InChI is InChI=1S/C14H22N5.2ClH/c1-19(2,3)11-7-9-17(10-11)14-13(15)12-6-4-5-8-18(12)16-14;;/h4-6,8,11H,7,9-10,15H2,1-3H3;2*1H/q+1;;/p-1. The predicted molar refractivity (Wildman–Crippen MR) is 85.5 cm³/mol. The lowest BCUT2D eigenvalue weighted by Gasteiger charge is -2.31. The number of likely N-dealkylation sites (N-methyl/N-ethyl adjacent to an activating group) is 1. The van der Waals surface area contributed by atoms with Crippen LogP contribution in [0.3, 0.4) is 0 Å². The highest BCUT2D eigenvalue weighted by Crippen LogP contribution is 2.30. The Morgan fingerprint density at radius 3 is 2.57 bits per heavy atom. The number of aromatic nitrogens is 2. The summed E-state index contributed by atoms with van der Waals surface area (Å²) in [7, 11) is 6.75. The van der Waals surface area contributed by atoms with Gasteiger partial charge in [-0.2, -0.15) is 0 Å². The van der Waals surface area contributed by atoms with Gasteiger partial charge in [0, 0.05) is 19.2 Å². The van der Waals surface area contributed by atoms with Crippen molar-refractivity contribution in [1.82, 2.24) is 9.61 Å². The van der Waals surface area contributed by atoms with Crippen LogP contribution in [0.1, 0.15) is 6.42 Å². The van der Waals surface area contributed by atoms with Gasteiger partial charge in [-0.3, -0.25) is 0 Å². The summed E-state index contributed by atoms with van der Waals surface area (Å²) >= 11 is 0. The fourth-order valence-electron chi connectivity index (χ4n) is 2.81. The van der Waals surface area contributed by atoms with Gasteiger partial charge in [-0.25, -0.2) is 4.52 Å². The molecule has 118 valence electrons. The minimum atomic E-state index is 0. The molecule has 0 aliphatic carbocycles. The maximum absolute atomic E-state index is 6.24. The highest BCUT2D eigenvalue weighted by atomic mass is 35.5. The van der Waals surface area contributed by atoms with E-state index in [0.717, 1.165) is 34.6 Å². The van der Waals surface area contributed by atoms with Gasteiger partial charge >= 0.3 is 0 Å².